The Morgan fingerprint density at radius 3 is 2.68 bits per heavy atom. The zero-order chi connectivity index (χ0) is 20.7. The lowest BCUT2D eigenvalue weighted by atomic mass is 10.0. The number of amides is 1. The first-order valence-corrected chi connectivity index (χ1v) is 8.67. The van der Waals surface area contributed by atoms with Crippen molar-refractivity contribution in [3.8, 4) is 5.75 Å². The van der Waals surface area contributed by atoms with E-state index in [1.807, 2.05) is 6.07 Å². The molecule has 2 N–H and O–H groups in total. The summed E-state index contributed by atoms with van der Waals surface area (Å²) >= 11 is 0. The number of hydrogen-bond donors (Lipinski definition) is 1. The quantitative estimate of drug-likeness (QED) is 0.345. The fourth-order valence-corrected chi connectivity index (χ4v) is 2.34. The molecule has 0 aliphatic heterocycles. The lowest BCUT2D eigenvalue weighted by molar-refractivity contribution is -0.384. The number of ether oxygens (including phenoxy) is 2. The summed E-state index contributed by atoms with van der Waals surface area (Å²) in [4.78, 5) is 26.0. The number of carbonyl (C=O) groups is 1. The van der Waals surface area contributed by atoms with Crippen molar-refractivity contribution in [1.29, 1.82) is 0 Å². The van der Waals surface area contributed by atoms with Gasteiger partial charge in [-0.2, -0.15) is 4.99 Å². The van der Waals surface area contributed by atoms with Crippen LogP contribution in [0.2, 0.25) is 0 Å². The van der Waals surface area contributed by atoms with Crippen LogP contribution < -0.4 is 10.5 Å². The molecule has 1 amide bonds. The van der Waals surface area contributed by atoms with Gasteiger partial charge in [0.1, 0.15) is 11.4 Å². The van der Waals surface area contributed by atoms with E-state index in [4.69, 9.17) is 15.2 Å². The van der Waals surface area contributed by atoms with Crippen molar-refractivity contribution >= 4 is 23.7 Å². The molecule has 0 atom stereocenters. The van der Waals surface area contributed by atoms with Gasteiger partial charge in [0.25, 0.3) is 5.69 Å². The Hall–Kier alpha value is -3.42. The molecule has 28 heavy (non-hydrogen) atoms. The number of benzene rings is 2. The van der Waals surface area contributed by atoms with Crippen molar-refractivity contribution in [2.45, 2.75) is 32.8 Å². The van der Waals surface area contributed by atoms with E-state index in [0.29, 0.717) is 30.0 Å². The number of nitro benzene ring substituents is 1. The molecule has 0 aliphatic carbocycles. The lowest BCUT2D eigenvalue weighted by Crippen LogP contribution is -2.22. The van der Waals surface area contributed by atoms with Crippen LogP contribution in [0.4, 0.5) is 16.2 Å². The first-order valence-electron chi connectivity index (χ1n) is 8.67. The highest BCUT2D eigenvalue weighted by Crippen LogP contribution is 2.20. The number of nitrogens with zero attached hydrogens (tertiary/aromatic N) is 2. The van der Waals surface area contributed by atoms with E-state index in [1.165, 1.54) is 18.3 Å². The summed E-state index contributed by atoms with van der Waals surface area (Å²) < 4.78 is 10.8. The molecule has 0 fully saturated rings. The van der Waals surface area contributed by atoms with Crippen molar-refractivity contribution in [3.63, 3.8) is 0 Å². The second kappa shape index (κ2) is 8.98. The van der Waals surface area contributed by atoms with Crippen LogP contribution in [-0.4, -0.2) is 29.4 Å². The van der Waals surface area contributed by atoms with Crippen LogP contribution >= 0.6 is 0 Å². The van der Waals surface area contributed by atoms with Crippen molar-refractivity contribution < 1.29 is 19.2 Å². The molecule has 2 aromatic rings. The first-order chi connectivity index (χ1) is 13.1. The van der Waals surface area contributed by atoms with Crippen molar-refractivity contribution in [2.24, 2.45) is 4.99 Å². The van der Waals surface area contributed by atoms with Crippen molar-refractivity contribution in [3.05, 3.63) is 63.7 Å². The normalized spacial score (nSPS) is 11.4. The van der Waals surface area contributed by atoms with Gasteiger partial charge >= 0.3 is 6.09 Å². The van der Waals surface area contributed by atoms with Crippen LogP contribution in [0.15, 0.2) is 47.5 Å². The van der Waals surface area contributed by atoms with Gasteiger partial charge in [-0.15, -0.1) is 0 Å². The topological polar surface area (TPSA) is 117 Å². The number of rotatable bonds is 6. The fourth-order valence-electron chi connectivity index (χ4n) is 2.34. The summed E-state index contributed by atoms with van der Waals surface area (Å²) in [6.07, 6.45) is 1.22. The molecule has 0 aromatic heterocycles. The minimum Gasteiger partial charge on any atom is -0.493 e. The molecule has 2 aromatic carbocycles. The summed E-state index contributed by atoms with van der Waals surface area (Å²) in [6.45, 7) is 5.57. The molecule has 0 heterocycles. The molecule has 2 rings (SSSR count). The molecule has 0 saturated heterocycles. The van der Waals surface area contributed by atoms with Crippen LogP contribution in [-0.2, 0) is 11.2 Å². The Labute approximate surface area is 163 Å². The Morgan fingerprint density at radius 1 is 1.25 bits per heavy atom. The van der Waals surface area contributed by atoms with Gasteiger partial charge in [0.15, 0.2) is 0 Å². The third-order valence-electron chi connectivity index (χ3n) is 3.54. The highest BCUT2D eigenvalue weighted by Gasteiger charge is 2.15. The van der Waals surface area contributed by atoms with Gasteiger partial charge in [-0.1, -0.05) is 12.1 Å². The Morgan fingerprint density at radius 2 is 2.00 bits per heavy atom. The van der Waals surface area contributed by atoms with Gasteiger partial charge < -0.3 is 15.2 Å². The number of hydrogen-bond acceptors (Lipinski definition) is 6. The summed E-state index contributed by atoms with van der Waals surface area (Å²) in [5.74, 6) is 0.411. The maximum Gasteiger partial charge on any atom is 0.434 e. The minimum atomic E-state index is -0.686. The Balaban J connectivity index is 2.05. The van der Waals surface area contributed by atoms with Gasteiger partial charge in [-0.25, -0.2) is 4.79 Å². The smallest absolute Gasteiger partial charge is 0.434 e. The Kier molecular flexibility index (Phi) is 6.70. The number of carbonyl (C=O) groups excluding carboxylic acids is 1. The van der Waals surface area contributed by atoms with Gasteiger partial charge in [-0.05, 0) is 50.1 Å². The molecular formula is C20H23N3O5. The second-order valence-corrected chi connectivity index (χ2v) is 7.05. The first kappa shape index (κ1) is 20.9. The molecule has 0 radical (unpaired) electrons. The third-order valence-corrected chi connectivity index (χ3v) is 3.54. The number of nitro groups is 1. The van der Waals surface area contributed by atoms with Crippen LogP contribution in [0.5, 0.6) is 5.75 Å². The van der Waals surface area contributed by atoms with Gasteiger partial charge in [0.05, 0.1) is 17.6 Å². The number of nitrogen functional groups attached to an aromatic ring is 1. The van der Waals surface area contributed by atoms with E-state index in [-0.39, 0.29) is 5.69 Å². The van der Waals surface area contributed by atoms with E-state index < -0.39 is 16.6 Å². The fraction of sp³-hybridized carbons (Fsp3) is 0.300. The number of aliphatic imine (C=N–C) groups is 1. The average Bonchev–Trinajstić information content (AvgIpc) is 2.60. The minimum absolute atomic E-state index is 0.0323. The highest BCUT2D eigenvalue weighted by molar-refractivity contribution is 5.91. The number of nitrogens with two attached hydrogens (primary N) is 1. The van der Waals surface area contributed by atoms with Crippen LogP contribution in [0.3, 0.4) is 0 Å². The predicted molar refractivity (Wildman–Crippen MR) is 107 cm³/mol. The van der Waals surface area contributed by atoms with Gasteiger partial charge in [0, 0.05) is 24.4 Å². The standard InChI is InChI=1S/C20H23N3O5/c1-20(2,3)28-19(24)22-13-15-11-16(21)8-7-14(15)9-10-27-18-6-4-5-17(12-18)23(25)26/h4-8,11-13H,9-10,21H2,1-3H3/b22-13+. The van der Waals surface area contributed by atoms with E-state index in [9.17, 15) is 14.9 Å². The second-order valence-electron chi connectivity index (χ2n) is 7.05. The lowest BCUT2D eigenvalue weighted by Gasteiger charge is -2.17. The molecule has 148 valence electrons. The summed E-state index contributed by atoms with van der Waals surface area (Å²) in [5, 5.41) is 10.8. The summed E-state index contributed by atoms with van der Waals surface area (Å²) in [7, 11) is 0. The average molecular weight is 385 g/mol. The molecular weight excluding hydrogens is 362 g/mol. The molecule has 0 unspecified atom stereocenters. The number of non-ortho nitro benzene ring substituents is 1. The zero-order valence-electron chi connectivity index (χ0n) is 16.0. The molecule has 8 nitrogen and oxygen atoms in total. The van der Waals surface area contributed by atoms with E-state index >= 15 is 0 Å². The summed E-state index contributed by atoms with van der Waals surface area (Å²) in [5.41, 5.74) is 7.25. The van der Waals surface area contributed by atoms with E-state index in [2.05, 4.69) is 4.99 Å². The SMILES string of the molecule is CC(C)(C)OC(=O)/N=C/c1cc(N)ccc1CCOc1cccc([N+](=O)[O-])c1. The summed E-state index contributed by atoms with van der Waals surface area (Å²) in [6, 6.07) is 11.3. The monoisotopic (exact) mass is 385 g/mol. The van der Waals surface area contributed by atoms with Crippen LogP contribution in [0.1, 0.15) is 31.9 Å². The maximum atomic E-state index is 11.8. The van der Waals surface area contributed by atoms with Crippen LogP contribution in [0, 0.1) is 10.1 Å². The molecule has 0 aliphatic rings. The van der Waals surface area contributed by atoms with E-state index in [1.54, 1.807) is 45.0 Å². The molecule has 0 saturated carbocycles. The molecule has 0 spiro atoms. The highest BCUT2D eigenvalue weighted by atomic mass is 16.6. The van der Waals surface area contributed by atoms with Crippen molar-refractivity contribution in [2.75, 3.05) is 12.3 Å². The van der Waals surface area contributed by atoms with Crippen LogP contribution in [0.25, 0.3) is 0 Å². The molecule has 0 bridgehead atoms. The Bertz CT molecular complexity index is 888. The number of anilines is 1. The maximum absolute atomic E-state index is 11.8. The predicted octanol–water partition coefficient (Wildman–Crippen LogP) is 4.15. The van der Waals surface area contributed by atoms with Gasteiger partial charge in [-0.3, -0.25) is 10.1 Å². The molecule has 8 heteroatoms. The van der Waals surface area contributed by atoms with Crippen molar-refractivity contribution in [1.82, 2.24) is 0 Å². The third kappa shape index (κ3) is 6.71. The largest absolute Gasteiger partial charge is 0.493 e. The van der Waals surface area contributed by atoms with Gasteiger partial charge in [0.2, 0.25) is 0 Å². The zero-order valence-corrected chi connectivity index (χ0v) is 16.0. The van der Waals surface area contributed by atoms with E-state index in [0.717, 1.165) is 5.56 Å².